The van der Waals surface area contributed by atoms with Gasteiger partial charge in [-0.05, 0) is 48.0 Å². The highest BCUT2D eigenvalue weighted by Crippen LogP contribution is 2.43. The molecule has 1 N–H and O–H groups in total. The lowest BCUT2D eigenvalue weighted by atomic mass is 9.96. The Bertz CT molecular complexity index is 1410. The number of Topliss-reactive ketones (excluding diaryl/α,β-unsaturated/α-hetero) is 1. The number of hydrogen-bond acceptors (Lipinski definition) is 4. The summed E-state index contributed by atoms with van der Waals surface area (Å²) in [6, 6.07) is 22.8. The van der Waals surface area contributed by atoms with Gasteiger partial charge in [-0.2, -0.15) is 0 Å². The van der Waals surface area contributed by atoms with Gasteiger partial charge in [0, 0.05) is 15.7 Å². The lowest BCUT2D eigenvalue weighted by molar-refractivity contribution is -0.132. The van der Waals surface area contributed by atoms with Gasteiger partial charge in [-0.3, -0.25) is 14.5 Å². The van der Waals surface area contributed by atoms with Crippen LogP contribution in [0, 0.1) is 6.92 Å². The maximum atomic E-state index is 13.3. The second-order valence-electron chi connectivity index (χ2n) is 7.62. The number of ketones is 1. The smallest absolute Gasteiger partial charge is 0.300 e. The zero-order valence-corrected chi connectivity index (χ0v) is 18.7. The van der Waals surface area contributed by atoms with E-state index in [2.05, 4.69) is 15.9 Å². The van der Waals surface area contributed by atoms with Crippen molar-refractivity contribution in [1.29, 1.82) is 0 Å². The highest BCUT2D eigenvalue weighted by molar-refractivity contribution is 9.10. The van der Waals surface area contributed by atoms with Gasteiger partial charge in [0.25, 0.3) is 11.7 Å². The minimum atomic E-state index is -0.892. The molecular weight excluding hydrogens is 470 g/mol. The van der Waals surface area contributed by atoms with Crippen molar-refractivity contribution in [2.24, 2.45) is 0 Å². The Labute approximate surface area is 192 Å². The number of rotatable bonds is 3. The molecule has 1 aliphatic rings. The van der Waals surface area contributed by atoms with Gasteiger partial charge in [0.2, 0.25) is 0 Å². The quantitative estimate of drug-likeness (QED) is 0.214. The minimum absolute atomic E-state index is 0.000628. The summed E-state index contributed by atoms with van der Waals surface area (Å²) in [7, 11) is 0. The summed E-state index contributed by atoms with van der Waals surface area (Å²) in [4.78, 5) is 27.8. The van der Waals surface area contributed by atoms with Crippen molar-refractivity contribution in [2.45, 2.75) is 13.0 Å². The first kappa shape index (κ1) is 20.3. The molecular formula is C26H18BrNO4. The summed E-state index contributed by atoms with van der Waals surface area (Å²) in [5, 5.41) is 13.1. The molecule has 5 nitrogen and oxygen atoms in total. The molecule has 1 aliphatic heterocycles. The molecule has 0 radical (unpaired) electrons. The summed E-state index contributed by atoms with van der Waals surface area (Å²) in [5.74, 6) is -0.649. The van der Waals surface area contributed by atoms with Crippen LogP contribution in [0.1, 0.15) is 23.1 Å². The molecule has 1 aromatic heterocycles. The lowest BCUT2D eigenvalue weighted by Gasteiger charge is -2.23. The zero-order chi connectivity index (χ0) is 22.4. The fourth-order valence-electron chi connectivity index (χ4n) is 4.17. The second-order valence-corrected chi connectivity index (χ2v) is 8.54. The molecule has 0 saturated carbocycles. The first-order valence-electron chi connectivity index (χ1n) is 10.1. The normalized spacial score (nSPS) is 17.9. The van der Waals surface area contributed by atoms with Gasteiger partial charge in [0.1, 0.15) is 23.3 Å². The summed E-state index contributed by atoms with van der Waals surface area (Å²) in [6.07, 6.45) is 0. The van der Waals surface area contributed by atoms with E-state index in [9.17, 15) is 14.7 Å². The minimum Gasteiger partial charge on any atom is -0.507 e. The topological polar surface area (TPSA) is 70.8 Å². The molecule has 4 aromatic rings. The van der Waals surface area contributed by atoms with Crippen LogP contribution in [0.3, 0.4) is 0 Å². The SMILES string of the molecule is Cc1ccc(C2/C(=C(/O)c3cccc4ccccc34)C(=O)C(=O)N2c2cccc(Br)c2)o1. The molecule has 158 valence electrons. The number of amides is 1. The van der Waals surface area contributed by atoms with Crippen LogP contribution in [0.2, 0.25) is 0 Å². The van der Waals surface area contributed by atoms with Crippen LogP contribution in [-0.2, 0) is 9.59 Å². The third-order valence-electron chi connectivity index (χ3n) is 5.61. The molecule has 2 heterocycles. The Morgan fingerprint density at radius 3 is 2.47 bits per heavy atom. The Balaban J connectivity index is 1.78. The predicted molar refractivity (Wildman–Crippen MR) is 126 cm³/mol. The standard InChI is InChI=1S/C26H18BrNO4/c1-15-12-13-21(32-15)23-22(24(29)20-11-4-7-16-6-2-3-10-19(16)20)25(30)26(31)28(23)18-9-5-8-17(27)14-18/h2-14,23,29H,1H3/b24-22-. The molecule has 0 bridgehead atoms. The lowest BCUT2D eigenvalue weighted by Crippen LogP contribution is -2.29. The van der Waals surface area contributed by atoms with Crippen LogP contribution in [0.25, 0.3) is 16.5 Å². The predicted octanol–water partition coefficient (Wildman–Crippen LogP) is 6.13. The summed E-state index contributed by atoms with van der Waals surface area (Å²) in [6.45, 7) is 1.79. The summed E-state index contributed by atoms with van der Waals surface area (Å²) < 4.78 is 6.61. The molecule has 0 spiro atoms. The van der Waals surface area contributed by atoms with Crippen molar-refractivity contribution in [2.75, 3.05) is 4.90 Å². The van der Waals surface area contributed by atoms with Crippen LogP contribution < -0.4 is 4.90 Å². The summed E-state index contributed by atoms with van der Waals surface area (Å²) >= 11 is 3.42. The maximum absolute atomic E-state index is 13.3. The molecule has 1 unspecified atom stereocenters. The van der Waals surface area contributed by atoms with E-state index < -0.39 is 17.7 Å². The van der Waals surface area contributed by atoms with Crippen molar-refractivity contribution in [3.8, 4) is 0 Å². The van der Waals surface area contributed by atoms with Crippen molar-refractivity contribution in [1.82, 2.24) is 0 Å². The number of aliphatic hydroxyl groups is 1. The fraction of sp³-hybridized carbons (Fsp3) is 0.0769. The number of carbonyl (C=O) groups is 2. The monoisotopic (exact) mass is 487 g/mol. The van der Waals surface area contributed by atoms with Gasteiger partial charge in [0.15, 0.2) is 0 Å². The van der Waals surface area contributed by atoms with E-state index in [1.165, 1.54) is 4.90 Å². The number of aryl methyl sites for hydroxylation is 1. The largest absolute Gasteiger partial charge is 0.507 e. The Morgan fingerprint density at radius 2 is 1.72 bits per heavy atom. The number of carbonyl (C=O) groups excluding carboxylic acids is 2. The van der Waals surface area contributed by atoms with Crippen LogP contribution in [0.15, 0.2) is 93.3 Å². The molecule has 5 rings (SSSR count). The van der Waals surface area contributed by atoms with Crippen molar-refractivity contribution in [3.05, 3.63) is 106 Å². The van der Waals surface area contributed by atoms with E-state index >= 15 is 0 Å². The van der Waals surface area contributed by atoms with Gasteiger partial charge in [-0.25, -0.2) is 0 Å². The number of aliphatic hydroxyl groups excluding tert-OH is 1. The summed E-state index contributed by atoms with van der Waals surface area (Å²) in [5.41, 5.74) is 1.02. The van der Waals surface area contributed by atoms with Crippen LogP contribution >= 0.6 is 15.9 Å². The molecule has 3 aromatic carbocycles. The Kier molecular flexibility index (Phi) is 4.94. The van der Waals surface area contributed by atoms with E-state index in [1.54, 1.807) is 43.3 Å². The van der Waals surface area contributed by atoms with Gasteiger partial charge in [-0.1, -0.05) is 64.5 Å². The van der Waals surface area contributed by atoms with Crippen molar-refractivity contribution < 1.29 is 19.1 Å². The molecule has 1 saturated heterocycles. The van der Waals surface area contributed by atoms with Crippen LogP contribution in [0.5, 0.6) is 0 Å². The highest BCUT2D eigenvalue weighted by atomic mass is 79.9. The van der Waals surface area contributed by atoms with E-state index in [1.807, 2.05) is 42.5 Å². The average Bonchev–Trinajstić information content (AvgIpc) is 3.33. The van der Waals surface area contributed by atoms with Gasteiger partial charge < -0.3 is 9.52 Å². The molecule has 1 fully saturated rings. The number of nitrogens with zero attached hydrogens (tertiary/aromatic N) is 1. The third-order valence-corrected chi connectivity index (χ3v) is 6.10. The van der Waals surface area contributed by atoms with Gasteiger partial charge in [-0.15, -0.1) is 0 Å². The van der Waals surface area contributed by atoms with Crippen LogP contribution in [-0.4, -0.2) is 16.8 Å². The highest BCUT2D eigenvalue weighted by Gasteiger charge is 2.48. The fourth-order valence-corrected chi connectivity index (χ4v) is 4.56. The van der Waals surface area contributed by atoms with Crippen LogP contribution in [0.4, 0.5) is 5.69 Å². The molecule has 1 amide bonds. The molecule has 32 heavy (non-hydrogen) atoms. The number of fused-ring (bicyclic) bond motifs is 1. The van der Waals surface area contributed by atoms with E-state index in [-0.39, 0.29) is 11.3 Å². The number of halogens is 1. The van der Waals surface area contributed by atoms with Gasteiger partial charge in [0.05, 0.1) is 5.57 Å². The number of hydrogen-bond donors (Lipinski definition) is 1. The third kappa shape index (κ3) is 3.24. The zero-order valence-electron chi connectivity index (χ0n) is 17.1. The number of anilines is 1. The van der Waals surface area contributed by atoms with Gasteiger partial charge >= 0.3 is 0 Å². The van der Waals surface area contributed by atoms with E-state index in [4.69, 9.17) is 4.42 Å². The molecule has 0 aliphatic carbocycles. The van der Waals surface area contributed by atoms with E-state index in [0.29, 0.717) is 22.8 Å². The Hall–Kier alpha value is -3.64. The number of benzene rings is 3. The Morgan fingerprint density at radius 1 is 0.969 bits per heavy atom. The van der Waals surface area contributed by atoms with Crippen molar-refractivity contribution >= 4 is 49.8 Å². The first-order valence-corrected chi connectivity index (χ1v) is 10.9. The maximum Gasteiger partial charge on any atom is 0.300 e. The molecule has 1 atom stereocenters. The second kappa shape index (κ2) is 7.80. The number of furan rings is 1. The first-order chi connectivity index (χ1) is 15.5. The van der Waals surface area contributed by atoms with E-state index in [0.717, 1.165) is 15.2 Å². The van der Waals surface area contributed by atoms with Crippen molar-refractivity contribution in [3.63, 3.8) is 0 Å². The molecule has 6 heteroatoms. The average molecular weight is 488 g/mol.